The van der Waals surface area contributed by atoms with Gasteiger partial charge in [-0.05, 0) is 55.3 Å². The van der Waals surface area contributed by atoms with E-state index in [0.29, 0.717) is 0 Å². The molecule has 0 aromatic heterocycles. The molecule has 2 nitrogen and oxygen atoms in total. The Balaban J connectivity index is 1.47. The van der Waals surface area contributed by atoms with Gasteiger partial charge in [0.2, 0.25) is 0 Å². The van der Waals surface area contributed by atoms with Crippen LogP contribution in [0.2, 0.25) is 0 Å². The first kappa shape index (κ1) is 11.1. The molecule has 3 unspecified atom stereocenters. The number of rotatable bonds is 4. The molecule has 0 saturated heterocycles. The van der Waals surface area contributed by atoms with Crippen LogP contribution < -0.4 is 10.6 Å². The van der Waals surface area contributed by atoms with E-state index in [1.165, 1.54) is 30.6 Å². The minimum absolute atomic E-state index is 0.749. The Labute approximate surface area is 104 Å². The number of nitrogens with one attached hydrogen (secondary N) is 2. The van der Waals surface area contributed by atoms with Gasteiger partial charge in [-0.25, -0.2) is 0 Å². The van der Waals surface area contributed by atoms with E-state index in [1.54, 1.807) is 0 Å². The zero-order chi connectivity index (χ0) is 11.7. The third kappa shape index (κ3) is 2.63. The number of hydrogen-bond acceptors (Lipinski definition) is 2. The molecule has 0 amide bonds. The molecular formula is C15H22N2. The standard InChI is InChI=1S/C15H22N2/c1-11-6-14(11)10-16-8-12-7-13-4-2-3-5-15(13)17-9-12/h2-5,11-12,14,16-17H,6-10H2,1H3. The van der Waals surface area contributed by atoms with E-state index >= 15 is 0 Å². The summed E-state index contributed by atoms with van der Waals surface area (Å²) < 4.78 is 0. The molecule has 1 saturated carbocycles. The summed E-state index contributed by atoms with van der Waals surface area (Å²) in [5.41, 5.74) is 2.81. The van der Waals surface area contributed by atoms with Gasteiger partial charge in [0.15, 0.2) is 0 Å². The summed E-state index contributed by atoms with van der Waals surface area (Å²) in [5.74, 6) is 2.67. The summed E-state index contributed by atoms with van der Waals surface area (Å²) >= 11 is 0. The topological polar surface area (TPSA) is 24.1 Å². The summed E-state index contributed by atoms with van der Waals surface area (Å²) in [7, 11) is 0. The molecule has 1 aromatic rings. The smallest absolute Gasteiger partial charge is 0.0372 e. The minimum Gasteiger partial charge on any atom is -0.384 e. The average molecular weight is 230 g/mol. The maximum atomic E-state index is 3.64. The fourth-order valence-corrected chi connectivity index (χ4v) is 2.81. The molecule has 1 fully saturated rings. The summed E-state index contributed by atoms with van der Waals surface area (Å²) in [6, 6.07) is 8.68. The number of para-hydroxylation sites is 1. The second-order valence-electron chi connectivity index (χ2n) is 5.74. The zero-order valence-corrected chi connectivity index (χ0v) is 10.6. The molecule has 17 heavy (non-hydrogen) atoms. The lowest BCUT2D eigenvalue weighted by atomic mass is 9.94. The first-order valence-electron chi connectivity index (χ1n) is 6.85. The Morgan fingerprint density at radius 2 is 2.12 bits per heavy atom. The van der Waals surface area contributed by atoms with Gasteiger partial charge in [-0.1, -0.05) is 25.1 Å². The Kier molecular flexibility index (Phi) is 3.06. The molecule has 0 bridgehead atoms. The molecule has 2 heteroatoms. The van der Waals surface area contributed by atoms with Gasteiger partial charge in [-0.2, -0.15) is 0 Å². The lowest BCUT2D eigenvalue weighted by molar-refractivity contribution is 0.472. The van der Waals surface area contributed by atoms with E-state index in [-0.39, 0.29) is 0 Å². The lowest BCUT2D eigenvalue weighted by Crippen LogP contribution is -2.33. The van der Waals surface area contributed by atoms with E-state index in [4.69, 9.17) is 0 Å². The second kappa shape index (κ2) is 4.69. The van der Waals surface area contributed by atoms with Crippen LogP contribution in [0.1, 0.15) is 18.9 Å². The first-order chi connectivity index (χ1) is 8.33. The maximum absolute atomic E-state index is 3.64. The van der Waals surface area contributed by atoms with E-state index in [1.807, 2.05) is 0 Å². The minimum atomic E-state index is 0.749. The van der Waals surface area contributed by atoms with Gasteiger partial charge in [0, 0.05) is 12.2 Å². The van der Waals surface area contributed by atoms with Crippen LogP contribution in [-0.4, -0.2) is 19.6 Å². The highest BCUT2D eigenvalue weighted by atomic mass is 14.9. The number of hydrogen-bond donors (Lipinski definition) is 2. The first-order valence-corrected chi connectivity index (χ1v) is 6.85. The maximum Gasteiger partial charge on any atom is 0.0372 e. The van der Waals surface area contributed by atoms with Crippen molar-refractivity contribution in [1.82, 2.24) is 5.32 Å². The zero-order valence-electron chi connectivity index (χ0n) is 10.6. The highest BCUT2D eigenvalue weighted by Crippen LogP contribution is 2.36. The summed E-state index contributed by atoms with van der Waals surface area (Å²) in [4.78, 5) is 0. The third-order valence-electron chi connectivity index (χ3n) is 4.22. The van der Waals surface area contributed by atoms with Gasteiger partial charge in [-0.15, -0.1) is 0 Å². The van der Waals surface area contributed by atoms with Crippen LogP contribution >= 0.6 is 0 Å². The molecule has 3 rings (SSSR count). The van der Waals surface area contributed by atoms with Crippen molar-refractivity contribution < 1.29 is 0 Å². The fourth-order valence-electron chi connectivity index (χ4n) is 2.81. The second-order valence-corrected chi connectivity index (χ2v) is 5.74. The molecule has 1 aliphatic carbocycles. The van der Waals surface area contributed by atoms with Crippen molar-refractivity contribution in [3.8, 4) is 0 Å². The predicted octanol–water partition coefficient (Wildman–Crippen LogP) is 2.52. The predicted molar refractivity (Wildman–Crippen MR) is 72.3 cm³/mol. The SMILES string of the molecule is CC1CC1CNCC1CNc2ccccc2C1. The number of fused-ring (bicyclic) bond motifs is 1. The normalized spacial score (nSPS) is 30.5. The van der Waals surface area contributed by atoms with E-state index in [0.717, 1.165) is 30.8 Å². The highest BCUT2D eigenvalue weighted by molar-refractivity contribution is 5.53. The molecule has 0 radical (unpaired) electrons. The Morgan fingerprint density at radius 3 is 2.94 bits per heavy atom. The molecule has 1 aromatic carbocycles. The average Bonchev–Trinajstić information content (AvgIpc) is 3.05. The van der Waals surface area contributed by atoms with Crippen LogP contribution in [0, 0.1) is 17.8 Å². The van der Waals surface area contributed by atoms with E-state index in [2.05, 4.69) is 41.8 Å². The van der Waals surface area contributed by atoms with Crippen molar-refractivity contribution in [3.63, 3.8) is 0 Å². The Morgan fingerprint density at radius 1 is 1.29 bits per heavy atom. The summed E-state index contributed by atoms with van der Waals surface area (Å²) in [5, 5.41) is 7.17. The van der Waals surface area contributed by atoms with Gasteiger partial charge in [0.25, 0.3) is 0 Å². The van der Waals surface area contributed by atoms with Gasteiger partial charge < -0.3 is 10.6 Å². The molecule has 2 N–H and O–H groups in total. The number of benzene rings is 1. The largest absolute Gasteiger partial charge is 0.384 e. The quantitative estimate of drug-likeness (QED) is 0.830. The summed E-state index contributed by atoms with van der Waals surface area (Å²) in [6.45, 7) is 5.85. The van der Waals surface area contributed by atoms with Crippen LogP contribution in [0.25, 0.3) is 0 Å². The molecule has 1 heterocycles. The van der Waals surface area contributed by atoms with Crippen molar-refractivity contribution >= 4 is 5.69 Å². The van der Waals surface area contributed by atoms with Crippen LogP contribution in [-0.2, 0) is 6.42 Å². The van der Waals surface area contributed by atoms with Crippen molar-refractivity contribution in [2.45, 2.75) is 19.8 Å². The van der Waals surface area contributed by atoms with Crippen LogP contribution in [0.4, 0.5) is 5.69 Å². The molecule has 92 valence electrons. The monoisotopic (exact) mass is 230 g/mol. The highest BCUT2D eigenvalue weighted by Gasteiger charge is 2.31. The van der Waals surface area contributed by atoms with Crippen molar-refractivity contribution in [2.24, 2.45) is 17.8 Å². The van der Waals surface area contributed by atoms with Gasteiger partial charge in [0.1, 0.15) is 0 Å². The lowest BCUT2D eigenvalue weighted by Gasteiger charge is -2.26. The van der Waals surface area contributed by atoms with Crippen molar-refractivity contribution in [3.05, 3.63) is 29.8 Å². The van der Waals surface area contributed by atoms with Gasteiger partial charge in [-0.3, -0.25) is 0 Å². The fraction of sp³-hybridized carbons (Fsp3) is 0.600. The van der Waals surface area contributed by atoms with Gasteiger partial charge in [0.05, 0.1) is 0 Å². The molecule has 3 atom stereocenters. The third-order valence-corrected chi connectivity index (χ3v) is 4.22. The van der Waals surface area contributed by atoms with E-state index in [9.17, 15) is 0 Å². The Hall–Kier alpha value is -1.02. The van der Waals surface area contributed by atoms with Crippen LogP contribution in [0.3, 0.4) is 0 Å². The molecule has 0 spiro atoms. The van der Waals surface area contributed by atoms with Crippen molar-refractivity contribution in [2.75, 3.05) is 25.0 Å². The molecule has 1 aliphatic heterocycles. The van der Waals surface area contributed by atoms with E-state index < -0.39 is 0 Å². The van der Waals surface area contributed by atoms with Gasteiger partial charge >= 0.3 is 0 Å². The number of anilines is 1. The van der Waals surface area contributed by atoms with Crippen LogP contribution in [0.15, 0.2) is 24.3 Å². The summed E-state index contributed by atoms with van der Waals surface area (Å²) in [6.07, 6.45) is 2.65. The molecular weight excluding hydrogens is 208 g/mol. The Bertz CT molecular complexity index is 388. The molecule has 2 aliphatic rings. The van der Waals surface area contributed by atoms with Crippen molar-refractivity contribution in [1.29, 1.82) is 0 Å². The van der Waals surface area contributed by atoms with Crippen LogP contribution in [0.5, 0.6) is 0 Å².